The molecule has 0 aromatic heterocycles. The maximum Gasteiger partial charge on any atom is 0.242 e. The van der Waals surface area contributed by atoms with Crippen LogP contribution in [-0.4, -0.2) is 60.4 Å². The minimum Gasteiger partial charge on any atom is -0.337 e. The van der Waals surface area contributed by atoms with Crippen molar-refractivity contribution in [2.75, 3.05) is 26.7 Å². The first-order chi connectivity index (χ1) is 7.43. The molecule has 1 rings (SSSR count). The lowest BCUT2D eigenvalue weighted by molar-refractivity contribution is -0.140. The highest BCUT2D eigenvalue weighted by Crippen LogP contribution is 2.09. The van der Waals surface area contributed by atoms with E-state index in [0.717, 1.165) is 13.1 Å². The van der Waals surface area contributed by atoms with Gasteiger partial charge in [-0.3, -0.25) is 9.59 Å². The van der Waals surface area contributed by atoms with E-state index in [2.05, 4.69) is 12.2 Å². The third kappa shape index (κ3) is 2.95. The number of nitrogens with one attached hydrogen (secondary N) is 1. The fourth-order valence-electron chi connectivity index (χ4n) is 1.81. The van der Waals surface area contributed by atoms with Crippen LogP contribution in [0, 0.1) is 0 Å². The topological polar surface area (TPSA) is 52.7 Å². The Hall–Kier alpha value is -1.10. The first kappa shape index (κ1) is 13.0. The quantitative estimate of drug-likeness (QED) is 0.703. The lowest BCUT2D eigenvalue weighted by Gasteiger charge is -2.39. The average molecular weight is 227 g/mol. The highest BCUT2D eigenvalue weighted by molar-refractivity contribution is 5.84. The Kier molecular flexibility index (Phi) is 4.29. The molecular weight excluding hydrogens is 206 g/mol. The second-order valence-electron chi connectivity index (χ2n) is 4.45. The molecule has 1 N–H and O–H groups in total. The molecule has 0 aromatic rings. The van der Waals surface area contributed by atoms with Crippen LogP contribution < -0.4 is 5.32 Å². The molecule has 1 saturated heterocycles. The third-order valence-electron chi connectivity index (χ3n) is 3.26. The summed E-state index contributed by atoms with van der Waals surface area (Å²) in [7, 11) is 1.65. The molecule has 92 valence electrons. The van der Waals surface area contributed by atoms with E-state index in [1.165, 1.54) is 11.8 Å². The Morgan fingerprint density at radius 2 is 2.06 bits per heavy atom. The van der Waals surface area contributed by atoms with Gasteiger partial charge in [0, 0.05) is 39.1 Å². The number of nitrogens with zero attached hydrogens (tertiary/aromatic N) is 2. The van der Waals surface area contributed by atoms with E-state index in [1.807, 2.05) is 11.8 Å². The predicted molar refractivity (Wildman–Crippen MR) is 62.0 cm³/mol. The van der Waals surface area contributed by atoms with Crippen molar-refractivity contribution in [2.24, 2.45) is 0 Å². The van der Waals surface area contributed by atoms with Crippen LogP contribution in [0.2, 0.25) is 0 Å². The zero-order valence-electron chi connectivity index (χ0n) is 10.5. The minimum atomic E-state index is -0.0795. The summed E-state index contributed by atoms with van der Waals surface area (Å²) in [4.78, 5) is 26.3. The Labute approximate surface area is 96.8 Å². The van der Waals surface area contributed by atoms with Gasteiger partial charge in [0.25, 0.3) is 0 Å². The average Bonchev–Trinajstić information content (AvgIpc) is 2.21. The summed E-state index contributed by atoms with van der Waals surface area (Å²) in [5, 5.41) is 3.32. The van der Waals surface area contributed by atoms with E-state index in [4.69, 9.17) is 0 Å². The first-order valence-electron chi connectivity index (χ1n) is 5.68. The van der Waals surface area contributed by atoms with E-state index >= 15 is 0 Å². The van der Waals surface area contributed by atoms with Gasteiger partial charge in [0.15, 0.2) is 0 Å². The first-order valence-corrected chi connectivity index (χ1v) is 5.68. The molecule has 2 unspecified atom stereocenters. The van der Waals surface area contributed by atoms with Crippen LogP contribution in [-0.2, 0) is 9.59 Å². The molecule has 5 heteroatoms. The van der Waals surface area contributed by atoms with E-state index < -0.39 is 0 Å². The number of rotatable bonds is 2. The molecule has 1 fully saturated rings. The maximum atomic E-state index is 12.0. The lowest BCUT2D eigenvalue weighted by atomic mass is 10.1. The number of carbonyl (C=O) groups excluding carboxylic acids is 2. The van der Waals surface area contributed by atoms with Crippen molar-refractivity contribution in [3.05, 3.63) is 0 Å². The standard InChI is InChI=1S/C11H21N3O2/c1-8-9(2)14(6-5-12-8)11(16)7-13(4)10(3)15/h8-9,12H,5-7H2,1-4H3. The summed E-state index contributed by atoms with van der Waals surface area (Å²) in [6.07, 6.45) is 0. The summed E-state index contributed by atoms with van der Waals surface area (Å²) < 4.78 is 0. The molecule has 2 amide bonds. The van der Waals surface area contributed by atoms with E-state index in [9.17, 15) is 9.59 Å². The van der Waals surface area contributed by atoms with E-state index in [1.54, 1.807) is 7.05 Å². The van der Waals surface area contributed by atoms with Crippen molar-refractivity contribution in [1.82, 2.24) is 15.1 Å². The molecule has 0 bridgehead atoms. The van der Waals surface area contributed by atoms with Crippen molar-refractivity contribution in [2.45, 2.75) is 32.9 Å². The van der Waals surface area contributed by atoms with Crippen LogP contribution in [0.15, 0.2) is 0 Å². The van der Waals surface area contributed by atoms with Crippen molar-refractivity contribution in [3.63, 3.8) is 0 Å². The summed E-state index contributed by atoms with van der Waals surface area (Å²) in [5.74, 6) is -0.0530. The van der Waals surface area contributed by atoms with Crippen LogP contribution in [0.3, 0.4) is 0 Å². The van der Waals surface area contributed by atoms with Crippen LogP contribution in [0.5, 0.6) is 0 Å². The number of hydrogen-bond donors (Lipinski definition) is 1. The Morgan fingerprint density at radius 1 is 1.44 bits per heavy atom. The molecule has 5 nitrogen and oxygen atoms in total. The van der Waals surface area contributed by atoms with Gasteiger partial charge >= 0.3 is 0 Å². The summed E-state index contributed by atoms with van der Waals surface area (Å²) >= 11 is 0. The molecule has 0 spiro atoms. The van der Waals surface area contributed by atoms with Gasteiger partial charge in [-0.15, -0.1) is 0 Å². The fraction of sp³-hybridized carbons (Fsp3) is 0.818. The number of hydrogen-bond acceptors (Lipinski definition) is 3. The van der Waals surface area contributed by atoms with Crippen molar-refractivity contribution in [1.29, 1.82) is 0 Å². The minimum absolute atomic E-state index is 0.0264. The molecule has 16 heavy (non-hydrogen) atoms. The zero-order valence-corrected chi connectivity index (χ0v) is 10.5. The van der Waals surface area contributed by atoms with Gasteiger partial charge in [-0.25, -0.2) is 0 Å². The summed E-state index contributed by atoms with van der Waals surface area (Å²) in [6, 6.07) is 0.488. The molecule has 2 atom stereocenters. The molecule has 1 aliphatic rings. The molecule has 1 aliphatic heterocycles. The van der Waals surface area contributed by atoms with Gasteiger partial charge in [0.1, 0.15) is 0 Å². The monoisotopic (exact) mass is 227 g/mol. The molecule has 0 radical (unpaired) electrons. The highest BCUT2D eigenvalue weighted by atomic mass is 16.2. The highest BCUT2D eigenvalue weighted by Gasteiger charge is 2.28. The van der Waals surface area contributed by atoms with Gasteiger partial charge in [-0.1, -0.05) is 0 Å². The van der Waals surface area contributed by atoms with Gasteiger partial charge in [-0.2, -0.15) is 0 Å². The van der Waals surface area contributed by atoms with Gasteiger partial charge < -0.3 is 15.1 Å². The lowest BCUT2D eigenvalue weighted by Crippen LogP contribution is -2.58. The molecule has 0 saturated carbocycles. The number of piperazine rings is 1. The third-order valence-corrected chi connectivity index (χ3v) is 3.26. The maximum absolute atomic E-state index is 12.0. The van der Waals surface area contributed by atoms with E-state index in [-0.39, 0.29) is 24.4 Å². The van der Waals surface area contributed by atoms with Crippen LogP contribution in [0.25, 0.3) is 0 Å². The summed E-state index contributed by atoms with van der Waals surface area (Å²) in [6.45, 7) is 7.28. The second-order valence-corrected chi connectivity index (χ2v) is 4.45. The number of likely N-dealkylation sites (N-methyl/N-ethyl adjacent to an activating group) is 1. The number of amides is 2. The molecule has 0 aliphatic carbocycles. The predicted octanol–water partition coefficient (Wildman–Crippen LogP) is -0.326. The van der Waals surface area contributed by atoms with Crippen molar-refractivity contribution in [3.8, 4) is 0 Å². The van der Waals surface area contributed by atoms with Gasteiger partial charge in [0.2, 0.25) is 11.8 Å². The Bertz CT molecular complexity index is 280. The van der Waals surface area contributed by atoms with Crippen LogP contribution in [0.4, 0.5) is 0 Å². The molecule has 0 aromatic carbocycles. The Balaban J connectivity index is 2.56. The van der Waals surface area contributed by atoms with Gasteiger partial charge in [0.05, 0.1) is 6.54 Å². The van der Waals surface area contributed by atoms with Crippen molar-refractivity contribution >= 4 is 11.8 Å². The normalized spacial score (nSPS) is 25.4. The zero-order chi connectivity index (χ0) is 12.3. The van der Waals surface area contributed by atoms with Crippen molar-refractivity contribution < 1.29 is 9.59 Å². The fourth-order valence-corrected chi connectivity index (χ4v) is 1.81. The Morgan fingerprint density at radius 3 is 2.62 bits per heavy atom. The van der Waals surface area contributed by atoms with Crippen LogP contribution >= 0.6 is 0 Å². The summed E-state index contributed by atoms with van der Waals surface area (Å²) in [5.41, 5.74) is 0. The van der Waals surface area contributed by atoms with Crippen LogP contribution in [0.1, 0.15) is 20.8 Å². The second kappa shape index (κ2) is 5.30. The number of carbonyl (C=O) groups is 2. The SMILES string of the molecule is CC(=O)N(C)CC(=O)N1CCNC(C)C1C. The van der Waals surface area contributed by atoms with Gasteiger partial charge in [-0.05, 0) is 13.8 Å². The van der Waals surface area contributed by atoms with E-state index in [0.29, 0.717) is 6.04 Å². The smallest absolute Gasteiger partial charge is 0.242 e. The molecular formula is C11H21N3O2. The molecule has 1 heterocycles. The largest absolute Gasteiger partial charge is 0.337 e.